The number of anilines is 1. The molecule has 0 radical (unpaired) electrons. The number of nitrogens with one attached hydrogen (secondary N) is 1. The van der Waals surface area contributed by atoms with Crippen molar-refractivity contribution in [1.29, 1.82) is 0 Å². The topological polar surface area (TPSA) is 97.4 Å². The van der Waals surface area contributed by atoms with Gasteiger partial charge in [0.25, 0.3) is 0 Å². The number of amides is 3. The Morgan fingerprint density at radius 3 is 2.38 bits per heavy atom. The SMILES string of the molecule is COC(=O)C1CCN(C(=O)N[C@H]2CC(=O)N(c3ccc(OC)c(OC)c3)C2)CC1. The Morgan fingerprint density at radius 1 is 1.07 bits per heavy atom. The number of benzene rings is 1. The molecule has 3 rings (SSSR count). The van der Waals surface area contributed by atoms with Crippen molar-refractivity contribution in [2.45, 2.75) is 25.3 Å². The number of esters is 1. The van der Waals surface area contributed by atoms with Crippen LogP contribution in [0.5, 0.6) is 11.5 Å². The Kier molecular flexibility index (Phi) is 6.46. The van der Waals surface area contributed by atoms with Gasteiger partial charge in [-0.1, -0.05) is 0 Å². The summed E-state index contributed by atoms with van der Waals surface area (Å²) in [6.07, 6.45) is 1.40. The van der Waals surface area contributed by atoms with E-state index in [0.717, 1.165) is 0 Å². The van der Waals surface area contributed by atoms with Crippen molar-refractivity contribution in [3.63, 3.8) is 0 Å². The van der Waals surface area contributed by atoms with Crippen LogP contribution in [0, 0.1) is 5.92 Å². The highest BCUT2D eigenvalue weighted by Crippen LogP contribution is 2.33. The van der Waals surface area contributed by atoms with E-state index in [1.54, 1.807) is 42.2 Å². The van der Waals surface area contributed by atoms with Crippen molar-refractivity contribution in [3.05, 3.63) is 18.2 Å². The maximum Gasteiger partial charge on any atom is 0.317 e. The number of hydrogen-bond acceptors (Lipinski definition) is 6. The van der Waals surface area contributed by atoms with Crippen LogP contribution < -0.4 is 19.7 Å². The molecule has 0 saturated carbocycles. The normalized spacial score (nSPS) is 19.8. The summed E-state index contributed by atoms with van der Waals surface area (Å²) in [5, 5.41) is 2.94. The van der Waals surface area contributed by atoms with Gasteiger partial charge in [0.1, 0.15) is 0 Å². The number of hydrogen-bond donors (Lipinski definition) is 1. The number of methoxy groups -OCH3 is 3. The van der Waals surface area contributed by atoms with E-state index in [1.165, 1.54) is 7.11 Å². The summed E-state index contributed by atoms with van der Waals surface area (Å²) in [5.41, 5.74) is 0.697. The van der Waals surface area contributed by atoms with E-state index in [-0.39, 0.29) is 36.3 Å². The van der Waals surface area contributed by atoms with E-state index in [0.29, 0.717) is 49.7 Å². The minimum Gasteiger partial charge on any atom is -0.493 e. The van der Waals surface area contributed by atoms with Gasteiger partial charge < -0.3 is 29.3 Å². The molecule has 9 heteroatoms. The molecule has 1 N–H and O–H groups in total. The molecule has 2 aliphatic heterocycles. The molecule has 1 atom stereocenters. The number of ether oxygens (including phenoxy) is 3. The van der Waals surface area contributed by atoms with Crippen molar-refractivity contribution < 1.29 is 28.6 Å². The number of rotatable bonds is 5. The van der Waals surface area contributed by atoms with Crippen molar-refractivity contribution in [2.75, 3.05) is 45.9 Å². The maximum atomic E-state index is 12.6. The summed E-state index contributed by atoms with van der Waals surface area (Å²) < 4.78 is 15.3. The molecule has 0 spiro atoms. The van der Waals surface area contributed by atoms with Crippen molar-refractivity contribution >= 4 is 23.6 Å². The number of piperidine rings is 1. The molecule has 29 heavy (non-hydrogen) atoms. The molecule has 0 bridgehead atoms. The molecule has 2 heterocycles. The van der Waals surface area contributed by atoms with E-state index in [9.17, 15) is 14.4 Å². The van der Waals surface area contributed by atoms with Crippen LogP contribution in [-0.4, -0.2) is 69.8 Å². The number of carbonyl (C=O) groups is 3. The highest BCUT2D eigenvalue weighted by atomic mass is 16.5. The van der Waals surface area contributed by atoms with E-state index in [4.69, 9.17) is 14.2 Å². The van der Waals surface area contributed by atoms with Crippen molar-refractivity contribution in [3.8, 4) is 11.5 Å². The summed E-state index contributed by atoms with van der Waals surface area (Å²) in [6, 6.07) is 4.81. The maximum absolute atomic E-state index is 12.6. The molecule has 0 unspecified atom stereocenters. The van der Waals surface area contributed by atoms with Gasteiger partial charge in [0.15, 0.2) is 11.5 Å². The lowest BCUT2D eigenvalue weighted by atomic mass is 9.97. The molecular weight excluding hydrogens is 378 g/mol. The molecule has 0 aliphatic carbocycles. The van der Waals surface area contributed by atoms with Gasteiger partial charge in [-0.25, -0.2) is 4.79 Å². The fourth-order valence-corrected chi connectivity index (χ4v) is 3.80. The Morgan fingerprint density at radius 2 is 1.76 bits per heavy atom. The zero-order valence-electron chi connectivity index (χ0n) is 17.0. The van der Waals surface area contributed by atoms with Crippen LogP contribution in [-0.2, 0) is 14.3 Å². The number of urea groups is 1. The third-order valence-electron chi connectivity index (χ3n) is 5.45. The molecule has 9 nitrogen and oxygen atoms in total. The first kappa shape index (κ1) is 20.8. The Labute approximate surface area is 169 Å². The third-order valence-corrected chi connectivity index (χ3v) is 5.45. The van der Waals surface area contributed by atoms with Gasteiger partial charge in [0.2, 0.25) is 5.91 Å². The van der Waals surface area contributed by atoms with Crippen LogP contribution >= 0.6 is 0 Å². The second-order valence-electron chi connectivity index (χ2n) is 7.18. The van der Waals surface area contributed by atoms with Crippen LogP contribution in [0.3, 0.4) is 0 Å². The molecule has 2 saturated heterocycles. The van der Waals surface area contributed by atoms with E-state index < -0.39 is 0 Å². The van der Waals surface area contributed by atoms with Crippen molar-refractivity contribution in [2.24, 2.45) is 5.92 Å². The summed E-state index contributed by atoms with van der Waals surface area (Å²) in [5.74, 6) is 0.684. The Balaban J connectivity index is 1.57. The van der Waals surface area contributed by atoms with E-state index in [2.05, 4.69) is 5.32 Å². The van der Waals surface area contributed by atoms with Crippen LogP contribution in [0.25, 0.3) is 0 Å². The summed E-state index contributed by atoms with van der Waals surface area (Å²) in [4.78, 5) is 40.0. The largest absolute Gasteiger partial charge is 0.493 e. The van der Waals surface area contributed by atoms with Gasteiger partial charge in [-0.2, -0.15) is 0 Å². The van der Waals surface area contributed by atoms with Crippen LogP contribution in [0.2, 0.25) is 0 Å². The van der Waals surface area contributed by atoms with E-state index in [1.807, 2.05) is 0 Å². The molecule has 3 amide bonds. The van der Waals surface area contributed by atoms with Gasteiger partial charge in [-0.3, -0.25) is 9.59 Å². The van der Waals surface area contributed by atoms with Crippen LogP contribution in [0.15, 0.2) is 18.2 Å². The predicted molar refractivity (Wildman–Crippen MR) is 105 cm³/mol. The number of likely N-dealkylation sites (tertiary alicyclic amines) is 1. The molecule has 1 aromatic carbocycles. The van der Waals surface area contributed by atoms with Gasteiger partial charge in [-0.05, 0) is 25.0 Å². The highest BCUT2D eigenvalue weighted by Gasteiger charge is 2.34. The van der Waals surface area contributed by atoms with Gasteiger partial charge in [0.05, 0.1) is 33.3 Å². The molecule has 1 aromatic rings. The second-order valence-corrected chi connectivity index (χ2v) is 7.18. The minimum atomic E-state index is -0.276. The van der Waals surface area contributed by atoms with Crippen LogP contribution in [0.4, 0.5) is 10.5 Å². The highest BCUT2D eigenvalue weighted by molar-refractivity contribution is 5.97. The fraction of sp³-hybridized carbons (Fsp3) is 0.550. The first-order valence-electron chi connectivity index (χ1n) is 9.62. The quantitative estimate of drug-likeness (QED) is 0.744. The fourth-order valence-electron chi connectivity index (χ4n) is 3.80. The predicted octanol–water partition coefficient (Wildman–Crippen LogP) is 1.40. The summed E-state index contributed by atoms with van der Waals surface area (Å²) in [6.45, 7) is 1.37. The first-order chi connectivity index (χ1) is 14.0. The zero-order valence-corrected chi connectivity index (χ0v) is 17.0. The monoisotopic (exact) mass is 405 g/mol. The molecular formula is C20H27N3O6. The lowest BCUT2D eigenvalue weighted by molar-refractivity contribution is -0.146. The third kappa shape index (κ3) is 4.55. The second kappa shape index (κ2) is 9.02. The molecule has 2 fully saturated rings. The zero-order chi connectivity index (χ0) is 21.0. The number of carbonyl (C=O) groups excluding carboxylic acids is 3. The van der Waals surface area contributed by atoms with E-state index >= 15 is 0 Å². The minimum absolute atomic E-state index is 0.0630. The lowest BCUT2D eigenvalue weighted by Gasteiger charge is -2.31. The van der Waals surface area contributed by atoms with Gasteiger partial charge in [0, 0.05) is 37.8 Å². The van der Waals surface area contributed by atoms with Crippen molar-refractivity contribution in [1.82, 2.24) is 10.2 Å². The molecule has 0 aromatic heterocycles. The molecule has 158 valence electrons. The average Bonchev–Trinajstić information content (AvgIpc) is 3.12. The Hall–Kier alpha value is -2.97. The average molecular weight is 405 g/mol. The van der Waals surface area contributed by atoms with Crippen LogP contribution in [0.1, 0.15) is 19.3 Å². The number of nitrogens with zero attached hydrogens (tertiary/aromatic N) is 2. The molecule has 2 aliphatic rings. The Bertz CT molecular complexity index is 775. The van der Waals surface area contributed by atoms with Gasteiger partial charge >= 0.3 is 12.0 Å². The summed E-state index contributed by atoms with van der Waals surface area (Å²) >= 11 is 0. The van der Waals surface area contributed by atoms with Gasteiger partial charge in [-0.15, -0.1) is 0 Å². The summed E-state index contributed by atoms with van der Waals surface area (Å²) in [7, 11) is 4.47. The standard InChI is InChI=1S/C20H27N3O6/c1-27-16-5-4-15(11-17(16)28-2)23-12-14(10-18(23)24)21-20(26)22-8-6-13(7-9-22)19(25)29-3/h4-5,11,13-14H,6-10,12H2,1-3H3,(H,21,26)/t14-/m0/s1. The lowest BCUT2D eigenvalue weighted by Crippen LogP contribution is -2.49. The smallest absolute Gasteiger partial charge is 0.317 e. The first-order valence-corrected chi connectivity index (χ1v) is 9.62.